The fourth-order valence-corrected chi connectivity index (χ4v) is 1.07. The minimum absolute atomic E-state index is 0.198. The summed E-state index contributed by atoms with van der Waals surface area (Å²) in [6, 6.07) is 6.59. The van der Waals surface area contributed by atoms with Crippen molar-refractivity contribution in [2.24, 2.45) is 0 Å². The van der Waals surface area contributed by atoms with E-state index in [0.29, 0.717) is 13.1 Å². The summed E-state index contributed by atoms with van der Waals surface area (Å²) in [7, 11) is 0. The average molecular weight is 194 g/mol. The van der Waals surface area contributed by atoms with E-state index in [9.17, 15) is 4.79 Å². The number of carbonyl (C=O) groups excluding carboxylic acids is 1. The molecule has 0 radical (unpaired) electrons. The lowest BCUT2D eigenvalue weighted by Crippen LogP contribution is -2.34. The highest BCUT2D eigenvalue weighted by atomic mass is 16.3. The quantitative estimate of drug-likeness (QED) is 0.677. The van der Waals surface area contributed by atoms with Crippen LogP contribution in [0, 0.1) is 0 Å². The van der Waals surface area contributed by atoms with E-state index in [2.05, 4.69) is 10.6 Å². The van der Waals surface area contributed by atoms with E-state index in [4.69, 9.17) is 5.11 Å². The first-order valence-electron chi connectivity index (χ1n) is 4.52. The standard InChI is InChI=1S/C10H14N2O2/c1-2-11-10(14)12-7-8-4-3-5-9(13)6-8/h3-6,13H,2,7H2,1H3,(H2,11,12,14). The van der Waals surface area contributed by atoms with Crippen LogP contribution < -0.4 is 10.6 Å². The number of hydrogen-bond donors (Lipinski definition) is 3. The maximum Gasteiger partial charge on any atom is 0.315 e. The van der Waals surface area contributed by atoms with Gasteiger partial charge in [0.25, 0.3) is 0 Å². The van der Waals surface area contributed by atoms with Crippen molar-refractivity contribution in [1.82, 2.24) is 10.6 Å². The van der Waals surface area contributed by atoms with E-state index >= 15 is 0 Å². The largest absolute Gasteiger partial charge is 0.508 e. The van der Waals surface area contributed by atoms with Gasteiger partial charge in [-0.05, 0) is 24.6 Å². The lowest BCUT2D eigenvalue weighted by molar-refractivity contribution is 0.241. The van der Waals surface area contributed by atoms with Gasteiger partial charge in [-0.15, -0.1) is 0 Å². The molecule has 0 spiro atoms. The summed E-state index contributed by atoms with van der Waals surface area (Å²) in [5, 5.41) is 14.4. The lowest BCUT2D eigenvalue weighted by Gasteiger charge is -2.05. The van der Waals surface area contributed by atoms with Crippen molar-refractivity contribution in [3.05, 3.63) is 29.8 Å². The molecule has 0 unspecified atom stereocenters. The van der Waals surface area contributed by atoms with Crippen LogP contribution in [0.1, 0.15) is 12.5 Å². The summed E-state index contributed by atoms with van der Waals surface area (Å²) in [6.45, 7) is 2.88. The van der Waals surface area contributed by atoms with Gasteiger partial charge in [0.2, 0.25) is 0 Å². The van der Waals surface area contributed by atoms with Crippen LogP contribution in [0.2, 0.25) is 0 Å². The van der Waals surface area contributed by atoms with E-state index in [1.807, 2.05) is 13.0 Å². The van der Waals surface area contributed by atoms with Gasteiger partial charge in [0, 0.05) is 13.1 Å². The minimum Gasteiger partial charge on any atom is -0.508 e. The number of phenolic OH excluding ortho intramolecular Hbond substituents is 1. The maximum absolute atomic E-state index is 11.0. The van der Waals surface area contributed by atoms with E-state index in [-0.39, 0.29) is 11.8 Å². The second-order valence-electron chi connectivity index (χ2n) is 2.88. The number of carbonyl (C=O) groups is 1. The van der Waals surface area contributed by atoms with Crippen molar-refractivity contribution < 1.29 is 9.90 Å². The van der Waals surface area contributed by atoms with Crippen LogP contribution in [-0.4, -0.2) is 17.7 Å². The number of amides is 2. The molecule has 0 aliphatic rings. The van der Waals surface area contributed by atoms with Gasteiger partial charge < -0.3 is 15.7 Å². The molecule has 0 aliphatic heterocycles. The Balaban J connectivity index is 2.41. The molecule has 2 amide bonds. The average Bonchev–Trinajstić information content (AvgIpc) is 2.15. The monoisotopic (exact) mass is 194 g/mol. The summed E-state index contributed by atoms with van der Waals surface area (Å²) < 4.78 is 0. The van der Waals surface area contributed by atoms with Crippen LogP contribution >= 0.6 is 0 Å². The Morgan fingerprint density at radius 1 is 1.43 bits per heavy atom. The van der Waals surface area contributed by atoms with Gasteiger partial charge in [-0.1, -0.05) is 12.1 Å². The zero-order valence-electron chi connectivity index (χ0n) is 8.08. The van der Waals surface area contributed by atoms with E-state index in [1.165, 1.54) is 0 Å². The molecule has 76 valence electrons. The number of benzene rings is 1. The molecule has 14 heavy (non-hydrogen) atoms. The number of rotatable bonds is 3. The number of aromatic hydroxyl groups is 1. The van der Waals surface area contributed by atoms with Crippen LogP contribution in [0.4, 0.5) is 4.79 Å². The molecule has 0 aromatic heterocycles. The second kappa shape index (κ2) is 5.11. The Hall–Kier alpha value is -1.71. The van der Waals surface area contributed by atoms with E-state index in [0.717, 1.165) is 5.56 Å². The smallest absolute Gasteiger partial charge is 0.315 e. The second-order valence-corrected chi connectivity index (χ2v) is 2.88. The molecule has 4 heteroatoms. The number of phenols is 1. The fraction of sp³-hybridized carbons (Fsp3) is 0.300. The van der Waals surface area contributed by atoms with Crippen molar-refractivity contribution in [3.63, 3.8) is 0 Å². The summed E-state index contributed by atoms with van der Waals surface area (Å²) >= 11 is 0. The number of urea groups is 1. The van der Waals surface area contributed by atoms with Crippen LogP contribution in [0.25, 0.3) is 0 Å². The van der Waals surface area contributed by atoms with Gasteiger partial charge in [0.15, 0.2) is 0 Å². The predicted molar refractivity (Wildman–Crippen MR) is 54.0 cm³/mol. The Morgan fingerprint density at radius 2 is 2.21 bits per heavy atom. The topological polar surface area (TPSA) is 61.4 Å². The molecule has 1 aromatic carbocycles. The van der Waals surface area contributed by atoms with Gasteiger partial charge in [0.1, 0.15) is 5.75 Å². The molecular weight excluding hydrogens is 180 g/mol. The first-order valence-corrected chi connectivity index (χ1v) is 4.52. The summed E-state index contributed by atoms with van der Waals surface area (Å²) in [4.78, 5) is 11.0. The van der Waals surface area contributed by atoms with Crippen molar-refractivity contribution in [1.29, 1.82) is 0 Å². The molecule has 1 rings (SSSR count). The van der Waals surface area contributed by atoms with Gasteiger partial charge >= 0.3 is 6.03 Å². The Labute approximate surface area is 82.9 Å². The Morgan fingerprint density at radius 3 is 2.86 bits per heavy atom. The SMILES string of the molecule is CCNC(=O)NCc1cccc(O)c1. The highest BCUT2D eigenvalue weighted by Gasteiger charge is 1.98. The zero-order valence-corrected chi connectivity index (χ0v) is 8.08. The molecule has 0 atom stereocenters. The first-order chi connectivity index (χ1) is 6.72. The molecule has 0 bridgehead atoms. The normalized spacial score (nSPS) is 9.50. The zero-order chi connectivity index (χ0) is 10.4. The lowest BCUT2D eigenvalue weighted by atomic mass is 10.2. The van der Waals surface area contributed by atoms with Crippen LogP contribution in [0.15, 0.2) is 24.3 Å². The minimum atomic E-state index is -0.198. The maximum atomic E-state index is 11.0. The van der Waals surface area contributed by atoms with Gasteiger partial charge in [-0.2, -0.15) is 0 Å². The fourth-order valence-electron chi connectivity index (χ4n) is 1.07. The van der Waals surface area contributed by atoms with Crippen LogP contribution in [0.3, 0.4) is 0 Å². The molecule has 0 saturated carbocycles. The number of hydrogen-bond acceptors (Lipinski definition) is 2. The highest BCUT2D eigenvalue weighted by molar-refractivity contribution is 5.73. The third-order valence-electron chi connectivity index (χ3n) is 1.70. The van der Waals surface area contributed by atoms with Crippen molar-refractivity contribution in [3.8, 4) is 5.75 Å². The molecule has 0 fully saturated rings. The van der Waals surface area contributed by atoms with Crippen LogP contribution in [-0.2, 0) is 6.54 Å². The Kier molecular flexibility index (Phi) is 3.79. The third-order valence-corrected chi connectivity index (χ3v) is 1.70. The first kappa shape index (κ1) is 10.4. The number of nitrogens with one attached hydrogen (secondary N) is 2. The van der Waals surface area contributed by atoms with Crippen molar-refractivity contribution in [2.45, 2.75) is 13.5 Å². The molecule has 1 aromatic rings. The van der Waals surface area contributed by atoms with Gasteiger partial charge in [-0.3, -0.25) is 0 Å². The summed E-state index contributed by atoms with van der Waals surface area (Å²) in [5.41, 5.74) is 0.872. The van der Waals surface area contributed by atoms with Gasteiger partial charge in [0.05, 0.1) is 0 Å². The molecule has 3 N–H and O–H groups in total. The van der Waals surface area contributed by atoms with Gasteiger partial charge in [-0.25, -0.2) is 4.79 Å². The predicted octanol–water partition coefficient (Wildman–Crippen LogP) is 1.21. The molecule has 0 aliphatic carbocycles. The van der Waals surface area contributed by atoms with Crippen LogP contribution in [0.5, 0.6) is 5.75 Å². The van der Waals surface area contributed by atoms with E-state index in [1.54, 1.807) is 18.2 Å². The van der Waals surface area contributed by atoms with E-state index < -0.39 is 0 Å². The molecular formula is C10H14N2O2. The van der Waals surface area contributed by atoms with Crippen molar-refractivity contribution in [2.75, 3.05) is 6.54 Å². The van der Waals surface area contributed by atoms with Crippen molar-refractivity contribution >= 4 is 6.03 Å². The third kappa shape index (κ3) is 3.35. The molecule has 0 heterocycles. The Bertz CT molecular complexity index is 313. The highest BCUT2D eigenvalue weighted by Crippen LogP contribution is 2.10. The molecule has 0 saturated heterocycles. The summed E-state index contributed by atoms with van der Waals surface area (Å²) in [6.07, 6.45) is 0. The molecule has 4 nitrogen and oxygen atoms in total. The summed E-state index contributed by atoms with van der Waals surface area (Å²) in [5.74, 6) is 0.209.